The molecule has 1 aromatic heterocycles. The van der Waals surface area contributed by atoms with Crippen molar-refractivity contribution >= 4 is 5.91 Å². The Hall–Kier alpha value is -1.61. The third-order valence-corrected chi connectivity index (χ3v) is 1.98. The van der Waals surface area contributed by atoms with Crippen LogP contribution >= 0.6 is 0 Å². The maximum atomic E-state index is 12.2. The van der Waals surface area contributed by atoms with Gasteiger partial charge in [0, 0.05) is 12.7 Å². The van der Waals surface area contributed by atoms with Crippen molar-refractivity contribution in [3.05, 3.63) is 18.0 Å². The van der Waals surface area contributed by atoms with Crippen LogP contribution in [-0.4, -0.2) is 45.2 Å². The van der Waals surface area contributed by atoms with Crippen LogP contribution in [0.2, 0.25) is 0 Å². The molecule has 1 atom stereocenters. The average molecular weight is 267 g/mol. The van der Waals surface area contributed by atoms with Gasteiger partial charge in [-0.05, 0) is 6.07 Å². The molecule has 0 aliphatic carbocycles. The van der Waals surface area contributed by atoms with Crippen LogP contribution in [0.3, 0.4) is 0 Å². The highest BCUT2D eigenvalue weighted by Gasteiger charge is 2.33. The fraction of sp³-hybridized carbons (Fsp3) is 0.556. The van der Waals surface area contributed by atoms with Gasteiger partial charge in [-0.1, -0.05) is 0 Å². The lowest BCUT2D eigenvalue weighted by Gasteiger charge is -2.08. The highest BCUT2D eigenvalue weighted by Crippen LogP contribution is 2.27. The lowest BCUT2D eigenvalue weighted by molar-refractivity contribution is -0.141. The first-order valence-electron chi connectivity index (χ1n) is 4.99. The number of aliphatic hydroxyl groups is 2. The number of aliphatic hydroxyl groups excluding tert-OH is 2. The number of carbonyl (C=O) groups is 1. The first kappa shape index (κ1) is 14.5. The summed E-state index contributed by atoms with van der Waals surface area (Å²) in [7, 11) is 0. The zero-order chi connectivity index (χ0) is 13.8. The second-order valence-corrected chi connectivity index (χ2v) is 3.54. The molecule has 0 bridgehead atoms. The average Bonchev–Trinajstić information content (AvgIpc) is 2.74. The smallest absolute Gasteiger partial charge is 0.394 e. The standard InChI is InChI=1S/C9H12F3N3O3/c10-9(11,12)7-1-2-15(14-7)4-8(18)13-3-6(17)5-16/h1-2,6,16-17H,3-5H2,(H,13,18). The Bertz CT molecular complexity index is 405. The molecule has 1 heterocycles. The van der Waals surface area contributed by atoms with Crippen molar-refractivity contribution in [3.63, 3.8) is 0 Å². The van der Waals surface area contributed by atoms with Crippen molar-refractivity contribution < 1.29 is 28.2 Å². The number of halogens is 3. The second-order valence-electron chi connectivity index (χ2n) is 3.54. The number of rotatable bonds is 5. The van der Waals surface area contributed by atoms with Crippen molar-refractivity contribution in [2.45, 2.75) is 18.8 Å². The van der Waals surface area contributed by atoms with Crippen LogP contribution in [0.15, 0.2) is 12.3 Å². The van der Waals surface area contributed by atoms with Gasteiger partial charge in [-0.25, -0.2) is 0 Å². The second kappa shape index (κ2) is 5.83. The Morgan fingerprint density at radius 1 is 1.56 bits per heavy atom. The van der Waals surface area contributed by atoms with Crippen molar-refractivity contribution in [2.75, 3.05) is 13.2 Å². The Kier molecular flexibility index (Phi) is 4.68. The van der Waals surface area contributed by atoms with Crippen LogP contribution in [0.4, 0.5) is 13.2 Å². The molecule has 1 aromatic rings. The van der Waals surface area contributed by atoms with Crippen LogP contribution in [0.5, 0.6) is 0 Å². The molecule has 6 nitrogen and oxygen atoms in total. The maximum Gasteiger partial charge on any atom is 0.435 e. The number of nitrogens with one attached hydrogen (secondary N) is 1. The van der Waals surface area contributed by atoms with E-state index in [0.29, 0.717) is 0 Å². The number of aromatic nitrogens is 2. The Balaban J connectivity index is 2.48. The quantitative estimate of drug-likeness (QED) is 0.663. The summed E-state index contributed by atoms with van der Waals surface area (Å²) in [6.07, 6.45) is -4.61. The summed E-state index contributed by atoms with van der Waals surface area (Å²) < 4.78 is 37.4. The van der Waals surface area contributed by atoms with E-state index in [-0.39, 0.29) is 6.54 Å². The minimum atomic E-state index is -4.55. The summed E-state index contributed by atoms with van der Waals surface area (Å²) in [5.74, 6) is -0.612. The fourth-order valence-corrected chi connectivity index (χ4v) is 1.10. The fourth-order valence-electron chi connectivity index (χ4n) is 1.10. The van der Waals surface area contributed by atoms with Crippen LogP contribution < -0.4 is 5.32 Å². The molecule has 0 radical (unpaired) electrons. The lowest BCUT2D eigenvalue weighted by Crippen LogP contribution is -2.36. The molecule has 0 fully saturated rings. The molecule has 1 amide bonds. The van der Waals surface area contributed by atoms with E-state index in [0.717, 1.165) is 16.9 Å². The summed E-state index contributed by atoms with van der Waals surface area (Å²) in [4.78, 5) is 11.2. The van der Waals surface area contributed by atoms with Gasteiger partial charge in [0.1, 0.15) is 6.54 Å². The molecule has 9 heteroatoms. The predicted molar refractivity (Wildman–Crippen MR) is 53.3 cm³/mol. The SMILES string of the molecule is O=C(Cn1ccc(C(F)(F)F)n1)NCC(O)CO. The first-order chi connectivity index (χ1) is 8.32. The van der Waals surface area contributed by atoms with E-state index in [2.05, 4.69) is 10.4 Å². The Morgan fingerprint density at radius 3 is 2.72 bits per heavy atom. The van der Waals surface area contributed by atoms with Gasteiger partial charge in [0.05, 0.1) is 12.7 Å². The van der Waals surface area contributed by atoms with Gasteiger partial charge in [-0.15, -0.1) is 0 Å². The molecule has 0 spiro atoms. The molecular weight excluding hydrogens is 255 g/mol. The number of amides is 1. The first-order valence-corrected chi connectivity index (χ1v) is 4.99. The van der Waals surface area contributed by atoms with E-state index < -0.39 is 37.0 Å². The molecule has 3 N–H and O–H groups in total. The minimum absolute atomic E-state index is 0.178. The molecule has 0 aromatic carbocycles. The zero-order valence-electron chi connectivity index (χ0n) is 9.18. The molecule has 0 saturated carbocycles. The van der Waals surface area contributed by atoms with Gasteiger partial charge in [0.25, 0.3) is 0 Å². The van der Waals surface area contributed by atoms with E-state index in [1.807, 2.05) is 0 Å². The van der Waals surface area contributed by atoms with Gasteiger partial charge in [-0.2, -0.15) is 18.3 Å². The Labute approximate surface area is 100 Å². The summed E-state index contributed by atoms with van der Waals surface area (Å²) in [5, 5.41) is 22.9. The highest BCUT2D eigenvalue weighted by molar-refractivity contribution is 5.75. The molecule has 0 saturated heterocycles. The monoisotopic (exact) mass is 267 g/mol. The summed E-state index contributed by atoms with van der Waals surface area (Å²) >= 11 is 0. The number of alkyl halides is 3. The molecular formula is C9H12F3N3O3. The topological polar surface area (TPSA) is 87.4 Å². The van der Waals surface area contributed by atoms with Crippen LogP contribution in [0.25, 0.3) is 0 Å². The predicted octanol–water partition coefficient (Wildman–Crippen LogP) is -0.629. The normalized spacial score (nSPS) is 13.4. The van der Waals surface area contributed by atoms with Crippen molar-refractivity contribution in [1.82, 2.24) is 15.1 Å². The van der Waals surface area contributed by atoms with E-state index >= 15 is 0 Å². The van der Waals surface area contributed by atoms with E-state index in [1.54, 1.807) is 0 Å². The molecule has 18 heavy (non-hydrogen) atoms. The van der Waals surface area contributed by atoms with Crippen LogP contribution in [0, 0.1) is 0 Å². The lowest BCUT2D eigenvalue weighted by atomic mass is 10.4. The molecule has 1 unspecified atom stereocenters. The summed E-state index contributed by atoms with van der Waals surface area (Å²) in [6.45, 7) is -1.09. The van der Waals surface area contributed by atoms with Gasteiger partial charge in [0.2, 0.25) is 5.91 Å². The van der Waals surface area contributed by atoms with E-state index in [1.165, 1.54) is 0 Å². The van der Waals surface area contributed by atoms with Gasteiger partial charge < -0.3 is 15.5 Å². The van der Waals surface area contributed by atoms with Gasteiger partial charge in [0.15, 0.2) is 5.69 Å². The molecule has 1 rings (SSSR count). The molecule has 0 aliphatic rings. The largest absolute Gasteiger partial charge is 0.435 e. The van der Waals surface area contributed by atoms with Crippen molar-refractivity contribution in [2.24, 2.45) is 0 Å². The summed E-state index contributed by atoms with van der Waals surface area (Å²) in [5.41, 5.74) is -1.08. The highest BCUT2D eigenvalue weighted by atomic mass is 19.4. The number of carbonyl (C=O) groups excluding carboxylic acids is 1. The number of hydrogen-bond donors (Lipinski definition) is 3. The maximum absolute atomic E-state index is 12.2. The third-order valence-electron chi connectivity index (χ3n) is 1.98. The van der Waals surface area contributed by atoms with Gasteiger partial charge >= 0.3 is 6.18 Å². The summed E-state index contributed by atoms with van der Waals surface area (Å²) in [6, 6.07) is 0.760. The minimum Gasteiger partial charge on any atom is -0.394 e. The number of nitrogens with zero attached hydrogens (tertiary/aromatic N) is 2. The van der Waals surface area contributed by atoms with Gasteiger partial charge in [-0.3, -0.25) is 9.48 Å². The third kappa shape index (κ3) is 4.34. The molecule has 102 valence electrons. The van der Waals surface area contributed by atoms with E-state index in [4.69, 9.17) is 10.2 Å². The molecule has 0 aliphatic heterocycles. The van der Waals surface area contributed by atoms with E-state index in [9.17, 15) is 18.0 Å². The van der Waals surface area contributed by atoms with Crippen LogP contribution in [0.1, 0.15) is 5.69 Å². The van der Waals surface area contributed by atoms with Crippen molar-refractivity contribution in [3.8, 4) is 0 Å². The zero-order valence-corrected chi connectivity index (χ0v) is 9.18. The van der Waals surface area contributed by atoms with Crippen molar-refractivity contribution in [1.29, 1.82) is 0 Å². The Morgan fingerprint density at radius 2 is 2.22 bits per heavy atom. The number of hydrogen-bond acceptors (Lipinski definition) is 4. The van der Waals surface area contributed by atoms with Crippen LogP contribution in [-0.2, 0) is 17.5 Å².